The van der Waals surface area contributed by atoms with Crippen molar-refractivity contribution in [2.45, 2.75) is 19.9 Å². The van der Waals surface area contributed by atoms with Crippen LogP contribution in [0.15, 0.2) is 35.0 Å². The van der Waals surface area contributed by atoms with Crippen LogP contribution in [0.1, 0.15) is 16.7 Å². The van der Waals surface area contributed by atoms with E-state index in [2.05, 4.69) is 22.1 Å². The van der Waals surface area contributed by atoms with Gasteiger partial charge in [-0.15, -0.1) is 0 Å². The maximum atomic E-state index is 9.84. The van der Waals surface area contributed by atoms with Crippen LogP contribution in [0.25, 0.3) is 0 Å². The first-order valence-corrected chi connectivity index (χ1v) is 6.71. The Hall–Kier alpha value is -1.32. The summed E-state index contributed by atoms with van der Waals surface area (Å²) in [6.45, 7) is 3.58. The van der Waals surface area contributed by atoms with E-state index < -0.39 is 0 Å². The molecule has 2 aromatic rings. The first kappa shape index (κ1) is 12.1. The molecule has 2 rings (SSSR count). The average molecular weight is 247 g/mol. The topological polar surface area (TPSA) is 32.3 Å². The number of phenolic OH excluding ortho intramolecular Hbond substituents is 1. The molecule has 90 valence electrons. The standard InChI is InChI=1S/C14H17NOS/c1-11-3-2-4-13(14(11)16)9-15-7-5-12-6-8-17-10-12/h2-4,6,8,10,15-16H,5,7,9H2,1H3. The van der Waals surface area contributed by atoms with Gasteiger partial charge in [0.1, 0.15) is 5.75 Å². The van der Waals surface area contributed by atoms with E-state index in [1.54, 1.807) is 11.3 Å². The van der Waals surface area contributed by atoms with Crippen molar-refractivity contribution in [3.05, 3.63) is 51.7 Å². The van der Waals surface area contributed by atoms with E-state index in [1.807, 2.05) is 25.1 Å². The normalized spacial score (nSPS) is 10.6. The molecule has 0 aliphatic heterocycles. The van der Waals surface area contributed by atoms with Crippen molar-refractivity contribution < 1.29 is 5.11 Å². The molecule has 1 aromatic carbocycles. The molecule has 0 fully saturated rings. The van der Waals surface area contributed by atoms with Crippen LogP contribution >= 0.6 is 11.3 Å². The Kier molecular flexibility index (Phi) is 4.18. The zero-order chi connectivity index (χ0) is 12.1. The number of hydrogen-bond donors (Lipinski definition) is 2. The molecule has 0 radical (unpaired) electrons. The van der Waals surface area contributed by atoms with E-state index in [9.17, 15) is 5.11 Å². The van der Waals surface area contributed by atoms with E-state index in [4.69, 9.17) is 0 Å². The zero-order valence-corrected chi connectivity index (χ0v) is 10.8. The molecule has 0 spiro atoms. The summed E-state index contributed by atoms with van der Waals surface area (Å²) in [5.41, 5.74) is 3.27. The molecule has 3 heteroatoms. The fourth-order valence-corrected chi connectivity index (χ4v) is 2.46. The Labute approximate surface area is 106 Å². The van der Waals surface area contributed by atoms with Gasteiger partial charge in [0.15, 0.2) is 0 Å². The first-order chi connectivity index (χ1) is 8.27. The van der Waals surface area contributed by atoms with Crippen LogP contribution in [0.2, 0.25) is 0 Å². The highest BCUT2D eigenvalue weighted by molar-refractivity contribution is 7.07. The van der Waals surface area contributed by atoms with Gasteiger partial charge in [-0.3, -0.25) is 0 Å². The highest BCUT2D eigenvalue weighted by atomic mass is 32.1. The molecule has 0 saturated heterocycles. The fourth-order valence-electron chi connectivity index (χ4n) is 1.75. The number of rotatable bonds is 5. The van der Waals surface area contributed by atoms with Gasteiger partial charge in [0, 0.05) is 12.1 Å². The van der Waals surface area contributed by atoms with Gasteiger partial charge < -0.3 is 10.4 Å². The molecule has 17 heavy (non-hydrogen) atoms. The van der Waals surface area contributed by atoms with Gasteiger partial charge in [-0.05, 0) is 47.8 Å². The molecule has 0 aliphatic rings. The average Bonchev–Trinajstić information content (AvgIpc) is 2.83. The predicted molar refractivity (Wildman–Crippen MR) is 72.6 cm³/mol. The minimum absolute atomic E-state index is 0.413. The van der Waals surface area contributed by atoms with Crippen LogP contribution in [-0.4, -0.2) is 11.7 Å². The quantitative estimate of drug-likeness (QED) is 0.796. The summed E-state index contributed by atoms with van der Waals surface area (Å²) < 4.78 is 0. The van der Waals surface area contributed by atoms with Crippen molar-refractivity contribution in [2.75, 3.05) is 6.54 Å². The van der Waals surface area contributed by atoms with Crippen molar-refractivity contribution in [1.82, 2.24) is 5.32 Å². The second-order valence-electron chi connectivity index (χ2n) is 4.14. The third-order valence-corrected chi connectivity index (χ3v) is 3.54. The molecule has 2 N–H and O–H groups in total. The number of phenols is 1. The number of thiophene rings is 1. The summed E-state index contributed by atoms with van der Waals surface area (Å²) >= 11 is 1.73. The number of nitrogens with one attached hydrogen (secondary N) is 1. The van der Waals surface area contributed by atoms with E-state index in [0.29, 0.717) is 5.75 Å². The van der Waals surface area contributed by atoms with Crippen molar-refractivity contribution >= 4 is 11.3 Å². The Morgan fingerprint density at radius 2 is 2.18 bits per heavy atom. The SMILES string of the molecule is Cc1cccc(CNCCc2ccsc2)c1O. The summed E-state index contributed by atoms with van der Waals surface area (Å²) in [5, 5.41) is 17.5. The Balaban J connectivity index is 1.80. The van der Waals surface area contributed by atoms with Crippen molar-refractivity contribution in [2.24, 2.45) is 0 Å². The van der Waals surface area contributed by atoms with Gasteiger partial charge in [-0.25, -0.2) is 0 Å². The van der Waals surface area contributed by atoms with E-state index >= 15 is 0 Å². The van der Waals surface area contributed by atoms with Crippen LogP contribution in [0.3, 0.4) is 0 Å². The molecule has 0 aliphatic carbocycles. The lowest BCUT2D eigenvalue weighted by Gasteiger charge is -2.08. The van der Waals surface area contributed by atoms with E-state index in [1.165, 1.54) is 5.56 Å². The summed E-state index contributed by atoms with van der Waals surface area (Å²) in [7, 11) is 0. The predicted octanol–water partition coefficient (Wildman–Crippen LogP) is 3.09. The van der Waals surface area contributed by atoms with Crippen LogP contribution in [0, 0.1) is 6.92 Å². The zero-order valence-electron chi connectivity index (χ0n) is 9.94. The number of aryl methyl sites for hydroxylation is 1. The molecule has 0 amide bonds. The molecular weight excluding hydrogens is 230 g/mol. The van der Waals surface area contributed by atoms with Gasteiger partial charge in [0.2, 0.25) is 0 Å². The number of hydrogen-bond acceptors (Lipinski definition) is 3. The first-order valence-electron chi connectivity index (χ1n) is 5.76. The van der Waals surface area contributed by atoms with Gasteiger partial charge >= 0.3 is 0 Å². The van der Waals surface area contributed by atoms with Crippen molar-refractivity contribution in [1.29, 1.82) is 0 Å². The molecule has 1 heterocycles. The van der Waals surface area contributed by atoms with Crippen molar-refractivity contribution in [3.63, 3.8) is 0 Å². The monoisotopic (exact) mass is 247 g/mol. The van der Waals surface area contributed by atoms with Gasteiger partial charge in [-0.1, -0.05) is 18.2 Å². The Morgan fingerprint density at radius 3 is 2.94 bits per heavy atom. The molecule has 0 saturated carbocycles. The molecule has 0 atom stereocenters. The smallest absolute Gasteiger partial charge is 0.122 e. The lowest BCUT2D eigenvalue weighted by atomic mass is 10.1. The minimum Gasteiger partial charge on any atom is -0.507 e. The van der Waals surface area contributed by atoms with Gasteiger partial charge in [0.25, 0.3) is 0 Å². The molecule has 1 aromatic heterocycles. The summed E-state index contributed by atoms with van der Waals surface area (Å²) in [6.07, 6.45) is 1.04. The third kappa shape index (κ3) is 3.32. The molecule has 0 unspecified atom stereocenters. The van der Waals surface area contributed by atoms with Gasteiger partial charge in [0.05, 0.1) is 0 Å². The minimum atomic E-state index is 0.413. The lowest BCUT2D eigenvalue weighted by molar-refractivity contribution is 0.460. The lowest BCUT2D eigenvalue weighted by Crippen LogP contribution is -2.16. The second kappa shape index (κ2) is 5.84. The van der Waals surface area contributed by atoms with E-state index in [-0.39, 0.29) is 0 Å². The van der Waals surface area contributed by atoms with Crippen LogP contribution < -0.4 is 5.32 Å². The molecule has 0 bridgehead atoms. The number of benzene rings is 1. The molecule has 2 nitrogen and oxygen atoms in total. The Bertz CT molecular complexity index is 465. The summed E-state index contributed by atoms with van der Waals surface area (Å²) in [4.78, 5) is 0. The number of para-hydroxylation sites is 1. The van der Waals surface area contributed by atoms with Gasteiger partial charge in [-0.2, -0.15) is 11.3 Å². The highest BCUT2D eigenvalue weighted by Crippen LogP contribution is 2.20. The third-order valence-electron chi connectivity index (χ3n) is 2.81. The van der Waals surface area contributed by atoms with Crippen LogP contribution in [-0.2, 0) is 13.0 Å². The largest absolute Gasteiger partial charge is 0.507 e. The maximum Gasteiger partial charge on any atom is 0.122 e. The van der Waals surface area contributed by atoms with Crippen LogP contribution in [0.4, 0.5) is 0 Å². The second-order valence-corrected chi connectivity index (χ2v) is 4.92. The Morgan fingerprint density at radius 1 is 1.29 bits per heavy atom. The van der Waals surface area contributed by atoms with E-state index in [0.717, 1.165) is 30.6 Å². The fraction of sp³-hybridized carbons (Fsp3) is 0.286. The highest BCUT2D eigenvalue weighted by Gasteiger charge is 2.02. The van der Waals surface area contributed by atoms with Crippen LogP contribution in [0.5, 0.6) is 5.75 Å². The maximum absolute atomic E-state index is 9.84. The summed E-state index contributed by atoms with van der Waals surface area (Å²) in [6, 6.07) is 8.01. The van der Waals surface area contributed by atoms with Crippen molar-refractivity contribution in [3.8, 4) is 5.75 Å². The number of aromatic hydroxyl groups is 1. The molecular formula is C14H17NOS. The summed E-state index contributed by atoms with van der Waals surface area (Å²) in [5.74, 6) is 0.413.